The van der Waals surface area contributed by atoms with Crippen molar-refractivity contribution in [2.24, 2.45) is 10.8 Å². The van der Waals surface area contributed by atoms with Crippen molar-refractivity contribution in [2.75, 3.05) is 13.9 Å². The minimum atomic E-state index is -0.726. The first-order valence-electron chi connectivity index (χ1n) is 7.43. The van der Waals surface area contributed by atoms with Crippen LogP contribution in [0.25, 0.3) is 0 Å². The second kappa shape index (κ2) is 7.43. The molecule has 1 aliphatic heterocycles. The molecule has 130 valence electrons. The largest absolute Gasteiger partial charge is 0.496 e. The SMILES string of the molecule is COc1ccc(C=NNC(N)=O)cc1COc1ccc2c(c1)OCO2. The van der Waals surface area contributed by atoms with Crippen LogP contribution >= 0.6 is 0 Å². The van der Waals surface area contributed by atoms with E-state index < -0.39 is 6.03 Å². The van der Waals surface area contributed by atoms with Crippen molar-refractivity contribution in [3.8, 4) is 23.0 Å². The molecule has 0 saturated carbocycles. The molecule has 8 heteroatoms. The van der Waals surface area contributed by atoms with Crippen molar-refractivity contribution < 1.29 is 23.7 Å². The fraction of sp³-hybridized carbons (Fsp3) is 0.176. The van der Waals surface area contributed by atoms with Gasteiger partial charge in [0, 0.05) is 11.6 Å². The van der Waals surface area contributed by atoms with Gasteiger partial charge in [-0.15, -0.1) is 0 Å². The fourth-order valence-corrected chi connectivity index (χ4v) is 2.29. The Morgan fingerprint density at radius 3 is 2.92 bits per heavy atom. The normalized spacial score (nSPS) is 12.2. The first-order valence-corrected chi connectivity index (χ1v) is 7.43. The first kappa shape index (κ1) is 16.4. The smallest absolute Gasteiger partial charge is 0.332 e. The lowest BCUT2D eigenvalue weighted by Gasteiger charge is -2.11. The highest BCUT2D eigenvalue weighted by Gasteiger charge is 2.14. The Morgan fingerprint density at radius 2 is 2.12 bits per heavy atom. The van der Waals surface area contributed by atoms with Crippen molar-refractivity contribution in [1.29, 1.82) is 0 Å². The van der Waals surface area contributed by atoms with E-state index in [0.717, 1.165) is 11.1 Å². The van der Waals surface area contributed by atoms with E-state index in [2.05, 4.69) is 10.5 Å². The maximum absolute atomic E-state index is 10.6. The monoisotopic (exact) mass is 343 g/mol. The summed E-state index contributed by atoms with van der Waals surface area (Å²) in [5.74, 6) is 2.69. The van der Waals surface area contributed by atoms with Crippen LogP contribution in [-0.4, -0.2) is 26.1 Å². The molecule has 0 saturated heterocycles. The van der Waals surface area contributed by atoms with Crippen LogP contribution in [0, 0.1) is 0 Å². The van der Waals surface area contributed by atoms with Crippen molar-refractivity contribution in [3.63, 3.8) is 0 Å². The highest BCUT2D eigenvalue weighted by molar-refractivity contribution is 5.82. The lowest BCUT2D eigenvalue weighted by molar-refractivity contribution is 0.173. The number of benzene rings is 2. The molecule has 25 heavy (non-hydrogen) atoms. The third-order valence-electron chi connectivity index (χ3n) is 3.43. The van der Waals surface area contributed by atoms with E-state index in [9.17, 15) is 4.79 Å². The molecular formula is C17H17N3O5. The molecule has 0 aromatic heterocycles. The molecule has 2 aromatic rings. The lowest BCUT2D eigenvalue weighted by Crippen LogP contribution is -2.24. The van der Waals surface area contributed by atoms with Gasteiger partial charge in [-0.05, 0) is 35.9 Å². The van der Waals surface area contributed by atoms with Crippen molar-refractivity contribution in [3.05, 3.63) is 47.5 Å². The van der Waals surface area contributed by atoms with Gasteiger partial charge in [0.15, 0.2) is 11.5 Å². The van der Waals surface area contributed by atoms with Gasteiger partial charge in [-0.2, -0.15) is 5.10 Å². The van der Waals surface area contributed by atoms with Crippen LogP contribution < -0.4 is 30.1 Å². The number of rotatable bonds is 6. The number of amides is 2. The standard InChI is InChI=1S/C17H17N3O5/c1-22-14-4-2-11(8-19-20-17(18)21)6-12(14)9-23-13-3-5-15-16(7-13)25-10-24-15/h2-8H,9-10H2,1H3,(H3,18,20,21). The molecule has 2 aromatic carbocycles. The van der Waals surface area contributed by atoms with Gasteiger partial charge in [0.1, 0.15) is 18.1 Å². The van der Waals surface area contributed by atoms with Crippen LogP contribution in [0.2, 0.25) is 0 Å². The van der Waals surface area contributed by atoms with Gasteiger partial charge in [-0.25, -0.2) is 10.2 Å². The van der Waals surface area contributed by atoms with E-state index >= 15 is 0 Å². The summed E-state index contributed by atoms with van der Waals surface area (Å²) < 4.78 is 21.8. The molecule has 8 nitrogen and oxygen atoms in total. The number of hydrogen-bond donors (Lipinski definition) is 2. The van der Waals surface area contributed by atoms with E-state index in [1.807, 2.05) is 12.1 Å². The van der Waals surface area contributed by atoms with Crippen molar-refractivity contribution >= 4 is 12.2 Å². The second-order valence-corrected chi connectivity index (χ2v) is 5.11. The molecule has 3 N–H and O–H groups in total. The van der Waals surface area contributed by atoms with Gasteiger partial charge >= 0.3 is 6.03 Å². The number of nitrogens with one attached hydrogen (secondary N) is 1. The van der Waals surface area contributed by atoms with Gasteiger partial charge in [0.2, 0.25) is 6.79 Å². The van der Waals surface area contributed by atoms with Crippen LogP contribution in [0.1, 0.15) is 11.1 Å². The maximum Gasteiger partial charge on any atom is 0.332 e. The lowest BCUT2D eigenvalue weighted by atomic mass is 10.1. The summed E-state index contributed by atoms with van der Waals surface area (Å²) in [6.45, 7) is 0.501. The first-order chi connectivity index (χ1) is 12.2. The third-order valence-corrected chi connectivity index (χ3v) is 3.43. The van der Waals surface area contributed by atoms with Gasteiger partial charge < -0.3 is 24.7 Å². The molecule has 0 spiro atoms. The molecule has 0 atom stereocenters. The molecule has 2 amide bonds. The Balaban J connectivity index is 1.71. The fourth-order valence-electron chi connectivity index (χ4n) is 2.29. The summed E-state index contributed by atoms with van der Waals surface area (Å²) in [4.78, 5) is 10.6. The zero-order chi connectivity index (χ0) is 17.6. The van der Waals surface area contributed by atoms with Crippen LogP contribution in [-0.2, 0) is 6.61 Å². The van der Waals surface area contributed by atoms with Gasteiger partial charge in [-0.1, -0.05) is 0 Å². The number of carbonyl (C=O) groups is 1. The average molecular weight is 343 g/mol. The molecule has 0 bridgehead atoms. The van der Waals surface area contributed by atoms with Crippen molar-refractivity contribution in [1.82, 2.24) is 5.43 Å². The summed E-state index contributed by atoms with van der Waals surface area (Å²) in [6, 6.07) is 10.1. The molecule has 1 aliphatic rings. The minimum Gasteiger partial charge on any atom is -0.496 e. The molecule has 0 radical (unpaired) electrons. The Hall–Kier alpha value is -3.42. The number of hydrazone groups is 1. The van der Waals surface area contributed by atoms with Crippen LogP contribution in [0.4, 0.5) is 4.79 Å². The molecule has 1 heterocycles. The van der Waals surface area contributed by atoms with Crippen LogP contribution in [0.15, 0.2) is 41.5 Å². The summed E-state index contributed by atoms with van der Waals surface area (Å²) in [6.07, 6.45) is 1.48. The van der Waals surface area contributed by atoms with Crippen LogP contribution in [0.3, 0.4) is 0 Å². The summed E-state index contributed by atoms with van der Waals surface area (Å²) in [5, 5.41) is 3.73. The number of ether oxygens (including phenoxy) is 4. The predicted octanol–water partition coefficient (Wildman–Crippen LogP) is 2.01. The van der Waals surface area contributed by atoms with E-state index in [4.69, 9.17) is 24.7 Å². The quantitative estimate of drug-likeness (QED) is 0.617. The Labute approximate surface area is 144 Å². The number of fused-ring (bicyclic) bond motifs is 1. The van der Waals surface area contributed by atoms with Gasteiger partial charge in [0.05, 0.1) is 13.3 Å². The number of primary amides is 1. The Morgan fingerprint density at radius 1 is 1.28 bits per heavy atom. The number of carbonyl (C=O) groups excluding carboxylic acids is 1. The molecule has 0 fully saturated rings. The number of hydrogen-bond acceptors (Lipinski definition) is 6. The zero-order valence-corrected chi connectivity index (χ0v) is 13.5. The van der Waals surface area contributed by atoms with Crippen LogP contribution in [0.5, 0.6) is 23.0 Å². The topological polar surface area (TPSA) is 104 Å². The number of nitrogens with zero attached hydrogens (tertiary/aromatic N) is 1. The number of methoxy groups -OCH3 is 1. The Bertz CT molecular complexity index is 807. The zero-order valence-electron chi connectivity index (χ0n) is 13.5. The number of nitrogens with two attached hydrogens (primary N) is 1. The highest BCUT2D eigenvalue weighted by Crippen LogP contribution is 2.35. The third kappa shape index (κ3) is 4.11. The molecule has 0 unspecified atom stereocenters. The second-order valence-electron chi connectivity index (χ2n) is 5.11. The average Bonchev–Trinajstić information content (AvgIpc) is 3.07. The van der Waals surface area contributed by atoms with Gasteiger partial charge in [0.25, 0.3) is 0 Å². The minimum absolute atomic E-state index is 0.216. The van der Waals surface area contributed by atoms with E-state index in [0.29, 0.717) is 23.0 Å². The van der Waals surface area contributed by atoms with Crippen molar-refractivity contribution in [2.45, 2.75) is 6.61 Å². The highest BCUT2D eigenvalue weighted by atomic mass is 16.7. The van der Waals surface area contributed by atoms with Gasteiger partial charge in [-0.3, -0.25) is 0 Å². The molecule has 3 rings (SSSR count). The number of urea groups is 1. The summed E-state index contributed by atoms with van der Waals surface area (Å²) in [7, 11) is 1.59. The molecular weight excluding hydrogens is 326 g/mol. The predicted molar refractivity (Wildman–Crippen MR) is 90.2 cm³/mol. The van der Waals surface area contributed by atoms with E-state index in [1.165, 1.54) is 6.21 Å². The molecule has 0 aliphatic carbocycles. The summed E-state index contributed by atoms with van der Waals surface area (Å²) >= 11 is 0. The van der Waals surface area contributed by atoms with E-state index in [-0.39, 0.29) is 13.4 Å². The van der Waals surface area contributed by atoms with E-state index in [1.54, 1.807) is 31.4 Å². The maximum atomic E-state index is 10.6. The summed E-state index contributed by atoms with van der Waals surface area (Å²) in [5.41, 5.74) is 8.69. The Kier molecular flexibility index (Phi) is 4.89.